The Balaban J connectivity index is 1.28. The van der Waals surface area contributed by atoms with Crippen molar-refractivity contribution in [1.82, 2.24) is 15.1 Å². The number of likely N-dealkylation sites (tertiary alicyclic amines) is 2. The number of nitrogens with zero attached hydrogens (tertiary/aromatic N) is 2. The Morgan fingerprint density at radius 1 is 1.03 bits per heavy atom. The summed E-state index contributed by atoms with van der Waals surface area (Å²) in [5.41, 5.74) is 0.545. The molecule has 8 heteroatoms. The van der Waals surface area contributed by atoms with Gasteiger partial charge < -0.3 is 24.7 Å². The fourth-order valence-electron chi connectivity index (χ4n) is 4.57. The van der Waals surface area contributed by atoms with Crippen molar-refractivity contribution in [3.63, 3.8) is 0 Å². The minimum Gasteiger partial charge on any atom is -0.492 e. The maximum Gasteiger partial charge on any atom is 0.251 e. The van der Waals surface area contributed by atoms with Gasteiger partial charge in [-0.3, -0.25) is 14.6 Å². The van der Waals surface area contributed by atoms with E-state index in [4.69, 9.17) is 9.15 Å². The zero-order chi connectivity index (χ0) is 23.0. The van der Waals surface area contributed by atoms with Gasteiger partial charge in [0, 0.05) is 18.7 Å². The molecule has 0 spiro atoms. The van der Waals surface area contributed by atoms with E-state index in [2.05, 4.69) is 15.1 Å². The average molecular weight is 458 g/mol. The number of furan rings is 1. The van der Waals surface area contributed by atoms with Gasteiger partial charge in [0.25, 0.3) is 5.91 Å². The summed E-state index contributed by atoms with van der Waals surface area (Å²) >= 11 is 0. The van der Waals surface area contributed by atoms with Crippen molar-refractivity contribution in [2.45, 2.75) is 51.0 Å². The van der Waals surface area contributed by atoms with Crippen LogP contribution in [0.4, 0.5) is 0 Å². The van der Waals surface area contributed by atoms with Crippen LogP contribution in [-0.4, -0.2) is 77.4 Å². The average Bonchev–Trinajstić information content (AvgIpc) is 3.47. The number of aliphatic hydroxyl groups is 2. The number of rotatable bonds is 9. The first-order chi connectivity index (χ1) is 16.1. The lowest BCUT2D eigenvalue weighted by molar-refractivity contribution is 0.0794. The van der Waals surface area contributed by atoms with Crippen molar-refractivity contribution in [2.75, 3.05) is 39.3 Å². The molecule has 180 valence electrons. The fraction of sp³-hybridized carbons (Fsp3) is 0.560. The van der Waals surface area contributed by atoms with Crippen LogP contribution in [0.5, 0.6) is 5.75 Å². The van der Waals surface area contributed by atoms with Crippen molar-refractivity contribution >= 4 is 5.91 Å². The highest BCUT2D eigenvalue weighted by Gasteiger charge is 2.28. The molecule has 3 N–H and O–H groups in total. The van der Waals surface area contributed by atoms with E-state index in [9.17, 15) is 15.0 Å². The summed E-state index contributed by atoms with van der Waals surface area (Å²) < 4.78 is 11.4. The SMILES string of the molecule is O=C(NC1CN(Cc2ccc(CO)o2)CCCC1O)c1ccc(OCCN2CCCC2)cc1. The molecule has 1 amide bonds. The molecule has 3 heterocycles. The second-order valence-electron chi connectivity index (χ2n) is 8.97. The molecule has 0 aliphatic carbocycles. The summed E-state index contributed by atoms with van der Waals surface area (Å²) in [6, 6.07) is 10.4. The van der Waals surface area contributed by atoms with E-state index in [1.165, 1.54) is 12.8 Å². The second kappa shape index (κ2) is 11.7. The Kier molecular flexibility index (Phi) is 8.39. The maximum absolute atomic E-state index is 12.8. The van der Waals surface area contributed by atoms with E-state index in [1.54, 1.807) is 18.2 Å². The van der Waals surface area contributed by atoms with E-state index in [0.717, 1.165) is 44.1 Å². The smallest absolute Gasteiger partial charge is 0.251 e. The lowest BCUT2D eigenvalue weighted by Gasteiger charge is -2.26. The van der Waals surface area contributed by atoms with Gasteiger partial charge in [-0.2, -0.15) is 0 Å². The zero-order valence-electron chi connectivity index (χ0n) is 19.1. The highest BCUT2D eigenvalue weighted by atomic mass is 16.5. The van der Waals surface area contributed by atoms with Gasteiger partial charge in [0.05, 0.1) is 18.7 Å². The normalized spacial score (nSPS) is 22.2. The number of benzene rings is 1. The lowest BCUT2D eigenvalue weighted by Crippen LogP contribution is -2.48. The Morgan fingerprint density at radius 3 is 2.48 bits per heavy atom. The number of hydrogen-bond acceptors (Lipinski definition) is 7. The summed E-state index contributed by atoms with van der Waals surface area (Å²) in [4.78, 5) is 17.4. The van der Waals surface area contributed by atoms with Gasteiger partial charge in [-0.1, -0.05) is 0 Å². The third kappa shape index (κ3) is 6.80. The number of hydrogen-bond donors (Lipinski definition) is 3. The molecule has 0 saturated carbocycles. The Morgan fingerprint density at radius 2 is 1.76 bits per heavy atom. The van der Waals surface area contributed by atoms with Gasteiger partial charge in [-0.15, -0.1) is 0 Å². The number of ether oxygens (including phenoxy) is 1. The van der Waals surface area contributed by atoms with E-state index in [0.29, 0.717) is 37.4 Å². The van der Waals surface area contributed by atoms with Gasteiger partial charge in [0.1, 0.15) is 30.5 Å². The maximum atomic E-state index is 12.8. The first-order valence-corrected chi connectivity index (χ1v) is 12.0. The van der Waals surface area contributed by atoms with Gasteiger partial charge in [-0.05, 0) is 81.7 Å². The summed E-state index contributed by atoms with van der Waals surface area (Å²) in [7, 11) is 0. The van der Waals surface area contributed by atoms with Crippen LogP contribution in [0.1, 0.15) is 47.6 Å². The van der Waals surface area contributed by atoms with Crippen molar-refractivity contribution in [1.29, 1.82) is 0 Å². The lowest BCUT2D eigenvalue weighted by atomic mass is 10.1. The molecule has 2 saturated heterocycles. The van der Waals surface area contributed by atoms with Crippen LogP contribution >= 0.6 is 0 Å². The van der Waals surface area contributed by atoms with Crippen LogP contribution in [0, 0.1) is 0 Å². The molecule has 2 aliphatic rings. The molecule has 1 aromatic carbocycles. The van der Waals surface area contributed by atoms with Gasteiger partial charge in [-0.25, -0.2) is 0 Å². The van der Waals surface area contributed by atoms with E-state index in [-0.39, 0.29) is 18.6 Å². The molecule has 0 bridgehead atoms. The van der Waals surface area contributed by atoms with Crippen molar-refractivity contribution < 1.29 is 24.2 Å². The zero-order valence-corrected chi connectivity index (χ0v) is 19.1. The van der Waals surface area contributed by atoms with Crippen LogP contribution in [0.25, 0.3) is 0 Å². The summed E-state index contributed by atoms with van der Waals surface area (Å²) in [6.45, 7) is 5.66. The molecule has 2 aliphatic heterocycles. The van der Waals surface area contributed by atoms with E-state index in [1.807, 2.05) is 18.2 Å². The molecule has 2 fully saturated rings. The number of amides is 1. The highest BCUT2D eigenvalue weighted by Crippen LogP contribution is 2.18. The summed E-state index contributed by atoms with van der Waals surface area (Å²) in [5.74, 6) is 1.85. The molecule has 2 unspecified atom stereocenters. The Labute approximate surface area is 195 Å². The van der Waals surface area contributed by atoms with Crippen LogP contribution in [0.15, 0.2) is 40.8 Å². The molecule has 8 nitrogen and oxygen atoms in total. The highest BCUT2D eigenvalue weighted by molar-refractivity contribution is 5.94. The second-order valence-corrected chi connectivity index (χ2v) is 8.97. The predicted octanol–water partition coefficient (Wildman–Crippen LogP) is 2.00. The summed E-state index contributed by atoms with van der Waals surface area (Å²) in [5, 5.41) is 22.8. The largest absolute Gasteiger partial charge is 0.492 e. The van der Waals surface area contributed by atoms with Gasteiger partial charge in [0.15, 0.2) is 0 Å². The van der Waals surface area contributed by atoms with Crippen LogP contribution in [0.3, 0.4) is 0 Å². The minimum atomic E-state index is -0.600. The number of carbonyl (C=O) groups excluding carboxylic acids is 1. The fourth-order valence-corrected chi connectivity index (χ4v) is 4.57. The van der Waals surface area contributed by atoms with Crippen LogP contribution in [0.2, 0.25) is 0 Å². The molecule has 2 aromatic rings. The number of aliphatic hydroxyl groups excluding tert-OH is 2. The molecule has 33 heavy (non-hydrogen) atoms. The third-order valence-corrected chi connectivity index (χ3v) is 6.45. The molecule has 1 aromatic heterocycles. The van der Waals surface area contributed by atoms with Crippen molar-refractivity contribution in [3.05, 3.63) is 53.5 Å². The van der Waals surface area contributed by atoms with Crippen molar-refractivity contribution in [3.8, 4) is 5.75 Å². The minimum absolute atomic E-state index is 0.125. The topological polar surface area (TPSA) is 98.4 Å². The quantitative estimate of drug-likeness (QED) is 0.530. The first-order valence-electron chi connectivity index (χ1n) is 12.0. The first kappa shape index (κ1) is 23.8. The third-order valence-electron chi connectivity index (χ3n) is 6.45. The number of carbonyl (C=O) groups is 1. The standard InChI is InChI=1S/C25H35N3O5/c29-18-22-10-9-21(33-22)16-28-13-3-4-24(30)23(17-28)26-25(31)19-5-7-20(8-6-19)32-15-14-27-11-1-2-12-27/h5-10,23-24,29-30H,1-4,11-18H2,(H,26,31). The molecular weight excluding hydrogens is 422 g/mol. The molecule has 4 rings (SSSR count). The molecule has 0 radical (unpaired) electrons. The molecular formula is C25H35N3O5. The Bertz CT molecular complexity index is 878. The van der Waals surface area contributed by atoms with E-state index >= 15 is 0 Å². The summed E-state index contributed by atoms with van der Waals surface area (Å²) in [6.07, 6.45) is 3.41. The monoisotopic (exact) mass is 457 g/mol. The van der Waals surface area contributed by atoms with Crippen LogP contribution < -0.4 is 10.1 Å². The Hall–Kier alpha value is -2.39. The predicted molar refractivity (Wildman–Crippen MR) is 124 cm³/mol. The van der Waals surface area contributed by atoms with Gasteiger partial charge in [0.2, 0.25) is 0 Å². The van der Waals surface area contributed by atoms with Gasteiger partial charge >= 0.3 is 0 Å². The van der Waals surface area contributed by atoms with E-state index < -0.39 is 6.10 Å². The van der Waals surface area contributed by atoms with Crippen molar-refractivity contribution in [2.24, 2.45) is 0 Å². The van der Waals surface area contributed by atoms with Crippen LogP contribution in [-0.2, 0) is 13.2 Å². The number of nitrogens with one attached hydrogen (secondary N) is 1. The molecule has 2 atom stereocenters.